The highest BCUT2D eigenvalue weighted by Crippen LogP contribution is 2.43. The minimum Gasteiger partial charge on any atom is -0.466 e. The molecule has 0 aliphatic carbocycles. The summed E-state index contributed by atoms with van der Waals surface area (Å²) in [6.07, 6.45) is 2.86. The van der Waals surface area contributed by atoms with Crippen molar-refractivity contribution >= 4 is 35.1 Å². The van der Waals surface area contributed by atoms with Gasteiger partial charge in [-0.05, 0) is 32.4 Å². The smallest absolute Gasteiger partial charge is 0.336 e. The van der Waals surface area contributed by atoms with Gasteiger partial charge in [0.1, 0.15) is 18.3 Å². The van der Waals surface area contributed by atoms with Crippen LogP contribution in [0.25, 0.3) is 0 Å². The van der Waals surface area contributed by atoms with Crippen LogP contribution in [-0.2, 0) is 30.3 Å². The molecule has 2 atom stereocenters. The van der Waals surface area contributed by atoms with Crippen molar-refractivity contribution in [3.63, 3.8) is 0 Å². The van der Waals surface area contributed by atoms with Crippen LogP contribution in [0.2, 0.25) is 10.0 Å². The van der Waals surface area contributed by atoms with E-state index in [1.54, 1.807) is 39.0 Å². The number of esters is 2. The van der Waals surface area contributed by atoms with E-state index in [9.17, 15) is 14.7 Å². The molecule has 12 heteroatoms. The summed E-state index contributed by atoms with van der Waals surface area (Å²) in [7, 11) is 1.25. The second-order valence-corrected chi connectivity index (χ2v) is 9.21. The third-order valence-corrected chi connectivity index (χ3v) is 6.30. The molecule has 0 amide bonds. The molecular formula is C24H28Cl2N4O6. The van der Waals surface area contributed by atoms with Gasteiger partial charge in [-0.25, -0.2) is 19.3 Å². The number of halogens is 2. The molecule has 1 aliphatic heterocycles. The number of allylic oxidation sites excluding steroid dienone is 1. The number of benzene rings is 1. The number of aromatic nitrogens is 3. The maximum atomic E-state index is 13.2. The second-order valence-electron chi connectivity index (χ2n) is 8.43. The Morgan fingerprint density at radius 3 is 2.64 bits per heavy atom. The maximum absolute atomic E-state index is 13.2. The molecule has 3 rings (SSSR count). The van der Waals surface area contributed by atoms with E-state index in [2.05, 4.69) is 15.4 Å². The molecule has 194 valence electrons. The number of dihydropyridines is 1. The average Bonchev–Trinajstić information content (AvgIpc) is 3.32. The van der Waals surface area contributed by atoms with Crippen molar-refractivity contribution in [2.75, 3.05) is 26.9 Å². The van der Waals surface area contributed by atoms with E-state index < -0.39 is 23.5 Å². The molecule has 2 N–H and O–H groups in total. The molecular weight excluding hydrogens is 511 g/mol. The number of hydrogen-bond acceptors (Lipinski definition) is 9. The van der Waals surface area contributed by atoms with Crippen molar-refractivity contribution in [1.29, 1.82) is 0 Å². The first-order chi connectivity index (χ1) is 17.1. The third kappa shape index (κ3) is 6.25. The Bertz CT molecular complexity index is 1180. The van der Waals surface area contributed by atoms with E-state index in [1.165, 1.54) is 24.4 Å². The number of rotatable bonds is 10. The monoisotopic (exact) mass is 538 g/mol. The summed E-state index contributed by atoms with van der Waals surface area (Å²) in [5.41, 5.74) is 0.281. The summed E-state index contributed by atoms with van der Waals surface area (Å²) < 4.78 is 17.7. The molecule has 2 aromatic rings. The summed E-state index contributed by atoms with van der Waals surface area (Å²) in [6, 6.07) is 4.97. The molecule has 0 fully saturated rings. The van der Waals surface area contributed by atoms with Gasteiger partial charge in [-0.15, -0.1) is 0 Å². The molecule has 0 spiro atoms. The quantitative estimate of drug-likeness (QED) is 0.439. The van der Waals surface area contributed by atoms with Gasteiger partial charge in [0.25, 0.3) is 0 Å². The highest BCUT2D eigenvalue weighted by molar-refractivity contribution is 6.42. The normalized spacial score (nSPS) is 17.5. The first-order valence-electron chi connectivity index (χ1n) is 11.1. The van der Waals surface area contributed by atoms with Gasteiger partial charge in [-0.3, -0.25) is 0 Å². The predicted octanol–water partition coefficient (Wildman–Crippen LogP) is 3.00. The zero-order chi connectivity index (χ0) is 26.5. The Balaban J connectivity index is 2.01. The van der Waals surface area contributed by atoms with Gasteiger partial charge >= 0.3 is 11.9 Å². The molecule has 0 bridgehead atoms. The lowest BCUT2D eigenvalue weighted by Crippen LogP contribution is -2.38. The van der Waals surface area contributed by atoms with Crippen LogP contribution in [0, 0.1) is 0 Å². The Morgan fingerprint density at radius 1 is 1.25 bits per heavy atom. The van der Waals surface area contributed by atoms with Crippen LogP contribution in [0.5, 0.6) is 0 Å². The molecule has 0 saturated carbocycles. The Kier molecular flexibility index (Phi) is 9.13. The number of carbonyl (C=O) groups excluding carboxylic acids is 2. The van der Waals surface area contributed by atoms with Crippen molar-refractivity contribution in [3.05, 3.63) is 69.0 Å². The van der Waals surface area contributed by atoms with E-state index in [1.807, 2.05) is 0 Å². The number of hydrogen-bond donors (Lipinski definition) is 2. The average molecular weight is 539 g/mol. The fourth-order valence-corrected chi connectivity index (χ4v) is 4.39. The Labute approximate surface area is 218 Å². The molecule has 36 heavy (non-hydrogen) atoms. The largest absolute Gasteiger partial charge is 0.466 e. The van der Waals surface area contributed by atoms with E-state index in [4.69, 9.17) is 37.4 Å². The number of nitrogens with zero attached hydrogens (tertiary/aromatic N) is 3. The number of carbonyl (C=O) groups is 2. The SMILES string of the molecule is CCOC(=O)C1=C(COCC(C)(O)Cn2cncn2)NC(C)=C(C(=O)OC)C1c1cccc(Cl)c1Cl. The standard InChI is InChI=1S/C24H28Cl2N4O6/c1-5-36-23(32)20-17(9-35-11-24(3,33)10-30-13-27-12-28-30)29-14(2)18(22(31)34-4)19(20)15-7-6-8-16(25)21(15)26/h6-8,12-13,19,29,33H,5,9-11H2,1-4H3. The minimum absolute atomic E-state index is 0.0800. The fourth-order valence-electron chi connectivity index (χ4n) is 3.98. The molecule has 10 nitrogen and oxygen atoms in total. The molecule has 1 aromatic heterocycles. The third-order valence-electron chi connectivity index (χ3n) is 5.47. The van der Waals surface area contributed by atoms with Gasteiger partial charge in [0.2, 0.25) is 0 Å². The highest BCUT2D eigenvalue weighted by atomic mass is 35.5. The summed E-state index contributed by atoms with van der Waals surface area (Å²) >= 11 is 12.8. The van der Waals surface area contributed by atoms with E-state index in [-0.39, 0.29) is 47.6 Å². The van der Waals surface area contributed by atoms with Gasteiger partial charge in [-0.1, -0.05) is 35.3 Å². The molecule has 1 aromatic carbocycles. The number of nitrogens with one attached hydrogen (secondary N) is 1. The maximum Gasteiger partial charge on any atom is 0.336 e. The molecule has 1 aliphatic rings. The first kappa shape index (κ1) is 27.7. The van der Waals surface area contributed by atoms with Crippen molar-refractivity contribution in [3.8, 4) is 0 Å². The van der Waals surface area contributed by atoms with Crippen LogP contribution in [0.4, 0.5) is 0 Å². The van der Waals surface area contributed by atoms with Crippen LogP contribution >= 0.6 is 23.2 Å². The summed E-state index contributed by atoms with van der Waals surface area (Å²) in [4.78, 5) is 29.9. The zero-order valence-electron chi connectivity index (χ0n) is 20.4. The van der Waals surface area contributed by atoms with Crippen molar-refractivity contribution < 1.29 is 28.9 Å². The lowest BCUT2D eigenvalue weighted by Gasteiger charge is -2.32. The first-order valence-corrected chi connectivity index (χ1v) is 11.9. The molecule has 0 saturated heterocycles. The second kappa shape index (κ2) is 11.9. The van der Waals surface area contributed by atoms with Crippen molar-refractivity contribution in [1.82, 2.24) is 20.1 Å². The highest BCUT2D eigenvalue weighted by Gasteiger charge is 2.40. The van der Waals surface area contributed by atoms with Gasteiger partial charge in [0.15, 0.2) is 0 Å². The van der Waals surface area contributed by atoms with Gasteiger partial charge in [-0.2, -0.15) is 5.10 Å². The Hall–Kier alpha value is -2.92. The van der Waals surface area contributed by atoms with Crippen LogP contribution in [0.15, 0.2) is 53.4 Å². The topological polar surface area (TPSA) is 125 Å². The van der Waals surface area contributed by atoms with Gasteiger partial charge < -0.3 is 24.6 Å². The van der Waals surface area contributed by atoms with Crippen molar-refractivity contribution in [2.45, 2.75) is 38.8 Å². The molecule has 0 radical (unpaired) electrons. The Morgan fingerprint density at radius 2 is 2.00 bits per heavy atom. The van der Waals surface area contributed by atoms with Gasteiger partial charge in [0, 0.05) is 5.70 Å². The van der Waals surface area contributed by atoms with E-state index >= 15 is 0 Å². The van der Waals surface area contributed by atoms with E-state index in [0.29, 0.717) is 17.0 Å². The van der Waals surface area contributed by atoms with Crippen LogP contribution in [0.1, 0.15) is 32.3 Å². The summed E-state index contributed by atoms with van der Waals surface area (Å²) in [5.74, 6) is -2.23. The van der Waals surface area contributed by atoms with Crippen LogP contribution in [-0.4, -0.2) is 64.3 Å². The van der Waals surface area contributed by atoms with Crippen molar-refractivity contribution in [2.24, 2.45) is 0 Å². The van der Waals surface area contributed by atoms with E-state index in [0.717, 1.165) is 0 Å². The predicted molar refractivity (Wildman–Crippen MR) is 132 cm³/mol. The molecule has 2 unspecified atom stereocenters. The van der Waals surface area contributed by atoms with Crippen LogP contribution < -0.4 is 5.32 Å². The molecule has 2 heterocycles. The zero-order valence-corrected chi connectivity index (χ0v) is 21.9. The lowest BCUT2D eigenvalue weighted by atomic mass is 9.80. The lowest BCUT2D eigenvalue weighted by molar-refractivity contribution is -0.139. The number of ether oxygens (including phenoxy) is 3. The fraction of sp³-hybridized carbons (Fsp3) is 0.417. The van der Waals surface area contributed by atoms with Crippen LogP contribution in [0.3, 0.4) is 0 Å². The van der Waals surface area contributed by atoms with Gasteiger partial charge in [0.05, 0.1) is 66.3 Å². The number of methoxy groups -OCH3 is 1. The minimum atomic E-state index is -1.27. The summed E-state index contributed by atoms with van der Waals surface area (Å²) in [5, 5.41) is 18.3. The summed E-state index contributed by atoms with van der Waals surface area (Å²) in [6.45, 7) is 5.03. The number of aliphatic hydroxyl groups is 1.